The van der Waals surface area contributed by atoms with Gasteiger partial charge >= 0.3 is 0 Å². The quantitative estimate of drug-likeness (QED) is 0.677. The van der Waals surface area contributed by atoms with Gasteiger partial charge in [-0.15, -0.1) is 0 Å². The van der Waals surface area contributed by atoms with E-state index in [1.165, 1.54) is 41.1 Å². The van der Waals surface area contributed by atoms with Gasteiger partial charge in [-0.05, 0) is 30.3 Å². The fourth-order valence-electron chi connectivity index (χ4n) is 2.88. The highest BCUT2D eigenvalue weighted by Gasteiger charge is 2.37. The Hall–Kier alpha value is -3.54. The monoisotopic (exact) mass is 334 g/mol. The molecule has 0 fully saturated rings. The van der Waals surface area contributed by atoms with Crippen LogP contribution >= 0.6 is 0 Å². The number of imide groups is 1. The zero-order valence-electron chi connectivity index (χ0n) is 12.8. The van der Waals surface area contributed by atoms with Crippen LogP contribution in [0.5, 0.6) is 0 Å². The average Bonchev–Trinajstić information content (AvgIpc) is 2.87. The van der Waals surface area contributed by atoms with Crippen LogP contribution in [0.1, 0.15) is 20.7 Å². The van der Waals surface area contributed by atoms with E-state index >= 15 is 0 Å². The standard InChI is InChI=1S/C19H11FN2O3/c20-15-11-12(21-10-4-3-7-17(21)23)8-9-16(15)22-18(24)13-5-1-2-6-14(13)19(22)25/h1-11H. The number of hydrogen-bond acceptors (Lipinski definition) is 3. The largest absolute Gasteiger partial charge is 0.284 e. The highest BCUT2D eigenvalue weighted by Crippen LogP contribution is 2.30. The molecule has 2 heterocycles. The molecule has 1 aliphatic heterocycles. The number of anilines is 1. The Kier molecular flexibility index (Phi) is 3.32. The maximum absolute atomic E-state index is 14.6. The third-order valence-electron chi connectivity index (χ3n) is 4.07. The van der Waals surface area contributed by atoms with Crippen LogP contribution in [-0.2, 0) is 0 Å². The van der Waals surface area contributed by atoms with Crippen LogP contribution in [0.2, 0.25) is 0 Å². The molecule has 3 aromatic rings. The molecule has 5 nitrogen and oxygen atoms in total. The molecule has 4 rings (SSSR count). The van der Waals surface area contributed by atoms with Crippen molar-refractivity contribution in [2.75, 3.05) is 4.90 Å². The van der Waals surface area contributed by atoms with E-state index in [4.69, 9.17) is 0 Å². The summed E-state index contributed by atoms with van der Waals surface area (Å²) in [5.41, 5.74) is 0.350. The predicted molar refractivity (Wildman–Crippen MR) is 89.6 cm³/mol. The number of fused-ring (bicyclic) bond motifs is 1. The highest BCUT2D eigenvalue weighted by molar-refractivity contribution is 6.34. The summed E-state index contributed by atoms with van der Waals surface area (Å²) in [5, 5.41) is 0. The van der Waals surface area contributed by atoms with Crippen LogP contribution in [0.15, 0.2) is 71.7 Å². The fraction of sp³-hybridized carbons (Fsp3) is 0. The van der Waals surface area contributed by atoms with Gasteiger partial charge in [0.2, 0.25) is 0 Å². The molecule has 0 radical (unpaired) electrons. The van der Waals surface area contributed by atoms with Gasteiger partial charge in [-0.3, -0.25) is 19.0 Å². The van der Waals surface area contributed by atoms with Crippen LogP contribution < -0.4 is 10.5 Å². The third kappa shape index (κ3) is 2.27. The maximum Gasteiger partial charge on any atom is 0.266 e. The summed E-state index contributed by atoms with van der Waals surface area (Å²) in [6.07, 6.45) is 1.51. The summed E-state index contributed by atoms with van der Waals surface area (Å²) < 4.78 is 15.9. The molecule has 0 unspecified atom stereocenters. The van der Waals surface area contributed by atoms with Crippen LogP contribution in [0.4, 0.5) is 10.1 Å². The van der Waals surface area contributed by atoms with E-state index in [1.807, 2.05) is 0 Å². The smallest absolute Gasteiger partial charge is 0.266 e. The Morgan fingerprint density at radius 2 is 1.40 bits per heavy atom. The first-order valence-electron chi connectivity index (χ1n) is 7.53. The Morgan fingerprint density at radius 1 is 0.760 bits per heavy atom. The minimum absolute atomic E-state index is 0.140. The number of pyridine rings is 1. The number of hydrogen-bond donors (Lipinski definition) is 0. The first-order chi connectivity index (χ1) is 12.1. The van der Waals surface area contributed by atoms with E-state index in [2.05, 4.69) is 0 Å². The van der Waals surface area contributed by atoms with E-state index in [0.29, 0.717) is 5.69 Å². The predicted octanol–water partition coefficient (Wildman–Crippen LogP) is 2.78. The molecular weight excluding hydrogens is 323 g/mol. The molecule has 25 heavy (non-hydrogen) atoms. The number of amides is 2. The molecule has 1 aliphatic rings. The third-order valence-corrected chi connectivity index (χ3v) is 4.07. The molecule has 0 aliphatic carbocycles. The fourth-order valence-corrected chi connectivity index (χ4v) is 2.88. The summed E-state index contributed by atoms with van der Waals surface area (Å²) >= 11 is 0. The Morgan fingerprint density at radius 3 is 2.00 bits per heavy atom. The molecule has 0 atom stereocenters. The molecular formula is C19H11FN2O3. The first-order valence-corrected chi connectivity index (χ1v) is 7.53. The van der Waals surface area contributed by atoms with Gasteiger partial charge in [-0.25, -0.2) is 9.29 Å². The Labute approximate surface area is 141 Å². The molecule has 6 heteroatoms. The van der Waals surface area contributed by atoms with E-state index < -0.39 is 17.6 Å². The molecule has 0 saturated heterocycles. The number of nitrogens with zero attached hydrogens (tertiary/aromatic N) is 2. The van der Waals surface area contributed by atoms with Gasteiger partial charge in [0.25, 0.3) is 17.4 Å². The molecule has 0 spiro atoms. The van der Waals surface area contributed by atoms with Crippen LogP contribution in [0, 0.1) is 5.82 Å². The molecule has 2 amide bonds. The van der Waals surface area contributed by atoms with Crippen LogP contribution in [0.3, 0.4) is 0 Å². The van der Waals surface area contributed by atoms with Crippen molar-refractivity contribution in [3.05, 3.63) is 94.2 Å². The normalized spacial score (nSPS) is 13.2. The molecule has 1 aromatic heterocycles. The number of halogens is 1. The molecule has 122 valence electrons. The summed E-state index contributed by atoms with van der Waals surface area (Å²) in [5.74, 6) is -1.89. The van der Waals surface area contributed by atoms with Gasteiger partial charge in [0.1, 0.15) is 5.82 Å². The summed E-state index contributed by atoms with van der Waals surface area (Å²) in [6.45, 7) is 0. The minimum Gasteiger partial charge on any atom is -0.284 e. The van der Waals surface area contributed by atoms with Crippen molar-refractivity contribution < 1.29 is 14.0 Å². The number of carbonyl (C=O) groups excluding carboxylic acids is 2. The second-order valence-corrected chi connectivity index (χ2v) is 5.54. The van der Waals surface area contributed by atoms with Crippen molar-refractivity contribution in [3.63, 3.8) is 0 Å². The number of benzene rings is 2. The van der Waals surface area contributed by atoms with Crippen LogP contribution in [0.25, 0.3) is 5.69 Å². The lowest BCUT2D eigenvalue weighted by Gasteiger charge is -2.16. The SMILES string of the molecule is O=C1c2ccccc2C(=O)N1c1ccc(-n2ccccc2=O)cc1F. The second kappa shape index (κ2) is 5.52. The van der Waals surface area contributed by atoms with Crippen molar-refractivity contribution in [1.82, 2.24) is 4.57 Å². The second-order valence-electron chi connectivity index (χ2n) is 5.54. The highest BCUT2D eigenvalue weighted by atomic mass is 19.1. The van der Waals surface area contributed by atoms with E-state index in [9.17, 15) is 18.8 Å². The number of aromatic nitrogens is 1. The van der Waals surface area contributed by atoms with Crippen molar-refractivity contribution in [1.29, 1.82) is 0 Å². The Bertz CT molecular complexity index is 1050. The van der Waals surface area contributed by atoms with Gasteiger partial charge in [-0.2, -0.15) is 0 Å². The summed E-state index contributed by atoms with van der Waals surface area (Å²) in [4.78, 5) is 37.6. The summed E-state index contributed by atoms with van der Waals surface area (Å²) in [7, 11) is 0. The molecule has 0 bridgehead atoms. The van der Waals surface area contributed by atoms with Crippen molar-refractivity contribution in [2.24, 2.45) is 0 Å². The molecule has 2 aromatic carbocycles. The Balaban J connectivity index is 1.79. The number of rotatable bonds is 2. The first kappa shape index (κ1) is 15.0. The molecule has 0 saturated carbocycles. The lowest BCUT2D eigenvalue weighted by molar-refractivity contribution is 0.0925. The zero-order chi connectivity index (χ0) is 17.6. The van der Waals surface area contributed by atoms with Gasteiger partial charge in [0.05, 0.1) is 22.5 Å². The van der Waals surface area contributed by atoms with E-state index in [0.717, 1.165) is 11.0 Å². The van der Waals surface area contributed by atoms with Crippen LogP contribution in [-0.4, -0.2) is 16.4 Å². The van der Waals surface area contributed by atoms with Crippen molar-refractivity contribution in [3.8, 4) is 5.69 Å². The van der Waals surface area contributed by atoms with Gasteiger partial charge in [0.15, 0.2) is 0 Å². The van der Waals surface area contributed by atoms with Crippen molar-refractivity contribution in [2.45, 2.75) is 0 Å². The van der Waals surface area contributed by atoms with Gasteiger partial charge in [-0.1, -0.05) is 18.2 Å². The van der Waals surface area contributed by atoms with E-state index in [1.54, 1.807) is 24.3 Å². The molecule has 0 N–H and O–H groups in total. The minimum atomic E-state index is -0.761. The van der Waals surface area contributed by atoms with Crippen molar-refractivity contribution >= 4 is 17.5 Å². The number of carbonyl (C=O) groups is 2. The lowest BCUT2D eigenvalue weighted by atomic mass is 10.1. The maximum atomic E-state index is 14.6. The van der Waals surface area contributed by atoms with Gasteiger partial charge in [0, 0.05) is 18.3 Å². The zero-order valence-corrected chi connectivity index (χ0v) is 12.8. The van der Waals surface area contributed by atoms with E-state index in [-0.39, 0.29) is 22.4 Å². The average molecular weight is 334 g/mol. The topological polar surface area (TPSA) is 59.4 Å². The lowest BCUT2D eigenvalue weighted by Crippen LogP contribution is -2.30. The summed E-state index contributed by atoms with van der Waals surface area (Å²) in [6, 6.07) is 14.9. The van der Waals surface area contributed by atoms with Gasteiger partial charge < -0.3 is 0 Å².